The molecule has 8 aromatic heterocycles. The second-order valence-corrected chi connectivity index (χ2v) is 14.7. The summed E-state index contributed by atoms with van der Waals surface area (Å²) < 4.78 is 0. The quantitative estimate of drug-likeness (QED) is 0.138. The Morgan fingerprint density at radius 1 is 0.263 bits per heavy atom. The summed E-state index contributed by atoms with van der Waals surface area (Å²) in [7, 11) is 0. The molecule has 12 rings (SSSR count). The fourth-order valence-corrected chi connectivity index (χ4v) is 7.54. The van der Waals surface area contributed by atoms with Gasteiger partial charge in [-0.25, -0.2) is 0 Å². The van der Waals surface area contributed by atoms with Gasteiger partial charge in [0.25, 0.3) is 0 Å². The molecule has 0 aliphatic heterocycles. The number of nitrogens with zero attached hydrogens (tertiary/aromatic N) is 8. The van der Waals surface area contributed by atoms with Crippen LogP contribution in [-0.4, -0.2) is 39.9 Å². The van der Waals surface area contributed by atoms with Gasteiger partial charge in [-0.1, -0.05) is 202 Å². The second kappa shape index (κ2) is 37.8. The number of hydrogen-bond acceptors (Lipinski definition) is 8. The average molecular weight is 1020 g/mol. The number of aryl methyl sites for hydroxylation is 4. The number of hydrogen-bond donors (Lipinski definition) is 0. The molecule has 0 atom stereocenters. The Morgan fingerprint density at radius 3 is 1.30 bits per heavy atom. The van der Waals surface area contributed by atoms with Crippen LogP contribution < -0.4 is 0 Å². The van der Waals surface area contributed by atoms with Gasteiger partial charge in [-0.05, 0) is 80.8 Å². The molecule has 0 saturated carbocycles. The van der Waals surface area contributed by atoms with Gasteiger partial charge in [0.15, 0.2) is 0 Å². The van der Waals surface area contributed by atoms with Crippen LogP contribution in [0.2, 0.25) is 0 Å². The lowest BCUT2D eigenvalue weighted by Crippen LogP contribution is -1.89. The van der Waals surface area contributed by atoms with E-state index in [4.69, 9.17) is 0 Å². The van der Waals surface area contributed by atoms with Crippen LogP contribution in [0, 0.1) is 27.7 Å². The van der Waals surface area contributed by atoms with Gasteiger partial charge in [0.2, 0.25) is 0 Å². The number of aromatic nitrogens is 8. The fraction of sp³-hybridized carbons (Fsp3) is 0.294. The highest BCUT2D eigenvalue weighted by Crippen LogP contribution is 2.26. The molecule has 0 unspecified atom stereocenters. The molecule has 0 saturated heterocycles. The van der Waals surface area contributed by atoms with Crippen LogP contribution in [0.1, 0.15) is 133 Å². The molecule has 4 aromatic carbocycles. The van der Waals surface area contributed by atoms with Crippen molar-refractivity contribution in [2.24, 2.45) is 0 Å². The van der Waals surface area contributed by atoms with E-state index in [-0.39, 0.29) is 0 Å². The normalized spacial score (nSPS) is 9.32. The highest BCUT2D eigenvalue weighted by molar-refractivity contribution is 6.06. The van der Waals surface area contributed by atoms with Crippen molar-refractivity contribution >= 4 is 87.2 Å². The Bertz CT molecular complexity index is 3360. The summed E-state index contributed by atoms with van der Waals surface area (Å²) in [4.78, 5) is 35.4. The standard InChI is InChI=1S/4C13H10N2.8C2H6/c1-9-4-2-5-10-11(9)8-15-12-6-3-7-14-13(10)12;1-9-10-5-2-3-6-11(10)13-12(15-9)7-4-8-14-13;1-9-6-12-13(15-7-9)11-5-3-2-4-10(11)8-14-12;1-9-6-7-14-13-11-5-3-2-4-10(11)8-15-12(9)13;8*1-2/h4*2-8H,1H3;8*1-2H3. The molecule has 0 amide bonds. The van der Waals surface area contributed by atoms with Crippen molar-refractivity contribution in [2.45, 2.75) is 138 Å². The first kappa shape index (κ1) is 66.2. The summed E-state index contributed by atoms with van der Waals surface area (Å²) in [5.74, 6) is 0. The van der Waals surface area contributed by atoms with Crippen molar-refractivity contribution in [1.29, 1.82) is 0 Å². The maximum atomic E-state index is 4.54. The van der Waals surface area contributed by atoms with Crippen molar-refractivity contribution < 1.29 is 0 Å². The molecule has 0 N–H and O–H groups in total. The van der Waals surface area contributed by atoms with Gasteiger partial charge in [0.05, 0.1) is 44.1 Å². The third kappa shape index (κ3) is 17.4. The molecule has 0 bridgehead atoms. The predicted octanol–water partition coefficient (Wildman–Crippen LogP) is 20.6. The minimum atomic E-state index is 0.954. The Labute approximate surface area is 456 Å². The third-order valence-electron chi connectivity index (χ3n) is 10.6. The first-order valence-corrected chi connectivity index (χ1v) is 27.8. The predicted molar refractivity (Wildman–Crippen MR) is 338 cm³/mol. The summed E-state index contributed by atoms with van der Waals surface area (Å²) in [6.45, 7) is 40.2. The summed E-state index contributed by atoms with van der Waals surface area (Å²) in [5.41, 5.74) is 12.5. The molecule has 8 heteroatoms. The van der Waals surface area contributed by atoms with Crippen LogP contribution in [0.5, 0.6) is 0 Å². The van der Waals surface area contributed by atoms with E-state index in [0.29, 0.717) is 0 Å². The Morgan fingerprint density at radius 2 is 0.697 bits per heavy atom. The Kier molecular flexibility index (Phi) is 32.9. The van der Waals surface area contributed by atoms with E-state index in [0.717, 1.165) is 66.2 Å². The lowest BCUT2D eigenvalue weighted by Gasteiger charge is -2.04. The first-order valence-electron chi connectivity index (χ1n) is 27.8. The molecule has 0 radical (unpaired) electrons. The number of pyridine rings is 8. The van der Waals surface area contributed by atoms with E-state index in [1.54, 1.807) is 0 Å². The fourth-order valence-electron chi connectivity index (χ4n) is 7.54. The molecule has 0 spiro atoms. The molecule has 8 heterocycles. The van der Waals surface area contributed by atoms with Crippen LogP contribution in [-0.2, 0) is 0 Å². The highest BCUT2D eigenvalue weighted by Gasteiger charge is 2.07. The van der Waals surface area contributed by atoms with Crippen LogP contribution >= 0.6 is 0 Å². The summed E-state index contributed by atoms with van der Waals surface area (Å²) in [5, 5.41) is 9.35. The number of fused-ring (bicyclic) bond motifs is 12. The van der Waals surface area contributed by atoms with E-state index >= 15 is 0 Å². The molecule has 0 aliphatic rings. The van der Waals surface area contributed by atoms with Gasteiger partial charge >= 0.3 is 0 Å². The first-order chi connectivity index (χ1) is 37.4. The molecule has 400 valence electrons. The minimum absolute atomic E-state index is 0.954. The molecule has 76 heavy (non-hydrogen) atoms. The van der Waals surface area contributed by atoms with Crippen molar-refractivity contribution in [2.75, 3.05) is 0 Å². The van der Waals surface area contributed by atoms with Crippen LogP contribution in [0.15, 0.2) is 171 Å². The van der Waals surface area contributed by atoms with Gasteiger partial charge < -0.3 is 0 Å². The molecule has 8 nitrogen and oxygen atoms in total. The maximum Gasteiger partial charge on any atom is 0.0967 e. The topological polar surface area (TPSA) is 103 Å². The number of benzene rings is 4. The van der Waals surface area contributed by atoms with E-state index < -0.39 is 0 Å². The van der Waals surface area contributed by atoms with Crippen molar-refractivity contribution in [3.8, 4) is 0 Å². The summed E-state index contributed by atoms with van der Waals surface area (Å²) in [6.07, 6.45) is 13.1. The number of rotatable bonds is 0. The van der Waals surface area contributed by atoms with Crippen LogP contribution in [0.3, 0.4) is 0 Å². The Hall–Kier alpha value is -7.84. The van der Waals surface area contributed by atoms with E-state index in [1.807, 2.05) is 235 Å². The summed E-state index contributed by atoms with van der Waals surface area (Å²) >= 11 is 0. The van der Waals surface area contributed by atoms with Crippen molar-refractivity contribution in [1.82, 2.24) is 39.9 Å². The van der Waals surface area contributed by atoms with Gasteiger partial charge in [-0.3, -0.25) is 39.9 Å². The lowest BCUT2D eigenvalue weighted by atomic mass is 10.1. The Balaban J connectivity index is 0.000000465. The van der Waals surface area contributed by atoms with E-state index in [2.05, 4.69) is 114 Å². The van der Waals surface area contributed by atoms with E-state index in [9.17, 15) is 0 Å². The average Bonchev–Trinajstić information content (AvgIpc) is 3.52. The van der Waals surface area contributed by atoms with Gasteiger partial charge in [0.1, 0.15) is 0 Å². The second-order valence-electron chi connectivity index (χ2n) is 14.7. The monoisotopic (exact) mass is 1020 g/mol. The van der Waals surface area contributed by atoms with Crippen LogP contribution in [0.25, 0.3) is 87.2 Å². The smallest absolute Gasteiger partial charge is 0.0967 e. The summed E-state index contributed by atoms with van der Waals surface area (Å²) in [6, 6.07) is 42.8. The SMILES string of the molecule is CC.CC.CC.CC.CC.CC.CC.CC.Cc1cccc2c1cnc1cccnc12.Cc1ccnc2c1ncc1ccccc12.Cc1cnc2c(c1)ncc1ccccc12.Cc1nc2cccnc2c2ccccc12. The van der Waals surface area contributed by atoms with Crippen molar-refractivity contribution in [3.05, 3.63) is 193 Å². The van der Waals surface area contributed by atoms with Crippen LogP contribution in [0.4, 0.5) is 0 Å². The zero-order valence-electron chi connectivity index (χ0n) is 49.7. The van der Waals surface area contributed by atoms with Crippen molar-refractivity contribution in [3.63, 3.8) is 0 Å². The van der Waals surface area contributed by atoms with Gasteiger partial charge in [0, 0.05) is 92.2 Å². The van der Waals surface area contributed by atoms with Gasteiger partial charge in [-0.15, -0.1) is 0 Å². The maximum absolute atomic E-state index is 4.54. The molecular weight excluding hydrogens is 929 g/mol. The minimum Gasteiger partial charge on any atom is -0.254 e. The van der Waals surface area contributed by atoms with E-state index in [1.165, 1.54) is 43.4 Å². The van der Waals surface area contributed by atoms with Gasteiger partial charge in [-0.2, -0.15) is 0 Å². The largest absolute Gasteiger partial charge is 0.254 e. The lowest BCUT2D eigenvalue weighted by molar-refractivity contribution is 1.27. The molecule has 0 aliphatic carbocycles. The molecule has 12 aromatic rings. The highest BCUT2D eigenvalue weighted by atomic mass is 14.8. The third-order valence-corrected chi connectivity index (χ3v) is 10.6. The molecular formula is C68H88N8. The molecule has 0 fully saturated rings. The zero-order valence-corrected chi connectivity index (χ0v) is 49.7. The zero-order chi connectivity index (χ0) is 57.0.